The van der Waals surface area contributed by atoms with Crippen LogP contribution in [0.4, 0.5) is 0 Å². The van der Waals surface area contributed by atoms with Crippen molar-refractivity contribution in [2.24, 2.45) is 11.8 Å². The lowest BCUT2D eigenvalue weighted by Gasteiger charge is -2.41. The van der Waals surface area contributed by atoms with Crippen molar-refractivity contribution < 1.29 is 9.53 Å². The van der Waals surface area contributed by atoms with Gasteiger partial charge in [0.15, 0.2) is 0 Å². The van der Waals surface area contributed by atoms with Crippen LogP contribution in [0.1, 0.15) is 37.7 Å². The average Bonchev–Trinajstić information content (AvgIpc) is 2.60. The zero-order valence-electron chi connectivity index (χ0n) is 13.0. The number of nitrogens with zero attached hydrogens (tertiary/aromatic N) is 1. The highest BCUT2D eigenvalue weighted by Gasteiger charge is 2.34. The molecule has 3 nitrogen and oxygen atoms in total. The number of ether oxygens (including phenoxy) is 1. The second-order valence-electron chi connectivity index (χ2n) is 6.84. The van der Waals surface area contributed by atoms with Crippen LogP contribution < -0.4 is 4.74 Å². The number of hydrogen-bond donors (Lipinski definition) is 0. The molecule has 2 atom stereocenters. The Morgan fingerprint density at radius 2 is 1.91 bits per heavy atom. The lowest BCUT2D eigenvalue weighted by atomic mass is 9.75. The van der Waals surface area contributed by atoms with Crippen LogP contribution in [0.3, 0.4) is 0 Å². The van der Waals surface area contributed by atoms with Crippen LogP contribution in [-0.4, -0.2) is 30.5 Å². The van der Waals surface area contributed by atoms with E-state index in [-0.39, 0.29) is 5.91 Å². The molecule has 0 unspecified atom stereocenters. The number of benzene rings is 1. The van der Waals surface area contributed by atoms with Gasteiger partial charge < -0.3 is 9.64 Å². The predicted molar refractivity (Wildman–Crippen MR) is 86.6 cm³/mol. The van der Waals surface area contributed by atoms with E-state index in [0.29, 0.717) is 6.61 Å². The standard InChI is InChI=1S/C19H23NO2/c21-19(17-11-15-6-3-4-8-18(15)22-13-17)20-10-9-14-5-1-2-7-16(14)12-20/h3-4,6,8,11,14,16H,1-2,5,7,9-10,12-13H2/t14-,16-/m0/s1. The molecule has 0 aromatic heterocycles. The first-order valence-electron chi connectivity index (χ1n) is 8.53. The van der Waals surface area contributed by atoms with Crippen molar-refractivity contribution in [3.8, 4) is 5.75 Å². The third-order valence-electron chi connectivity index (χ3n) is 5.49. The number of piperidine rings is 1. The summed E-state index contributed by atoms with van der Waals surface area (Å²) in [6.07, 6.45) is 8.57. The molecule has 22 heavy (non-hydrogen) atoms. The van der Waals surface area contributed by atoms with E-state index in [2.05, 4.69) is 4.90 Å². The fraction of sp³-hybridized carbons (Fsp3) is 0.526. The summed E-state index contributed by atoms with van der Waals surface area (Å²) < 4.78 is 5.74. The Balaban J connectivity index is 1.49. The van der Waals surface area contributed by atoms with E-state index in [4.69, 9.17) is 4.74 Å². The number of carbonyl (C=O) groups excluding carboxylic acids is 1. The molecule has 0 radical (unpaired) electrons. The summed E-state index contributed by atoms with van der Waals surface area (Å²) in [5.74, 6) is 2.64. The highest BCUT2D eigenvalue weighted by atomic mass is 16.5. The van der Waals surface area contributed by atoms with E-state index >= 15 is 0 Å². The molecular weight excluding hydrogens is 274 g/mol. The summed E-state index contributed by atoms with van der Waals surface area (Å²) in [6.45, 7) is 2.27. The van der Waals surface area contributed by atoms with Crippen LogP contribution >= 0.6 is 0 Å². The number of likely N-dealkylation sites (tertiary alicyclic amines) is 1. The first-order chi connectivity index (χ1) is 10.8. The number of para-hydroxylation sites is 1. The van der Waals surface area contributed by atoms with Gasteiger partial charge in [0.25, 0.3) is 5.91 Å². The second kappa shape index (κ2) is 5.79. The lowest BCUT2D eigenvalue weighted by Crippen LogP contribution is -2.45. The van der Waals surface area contributed by atoms with Gasteiger partial charge in [-0.15, -0.1) is 0 Å². The molecular formula is C19H23NO2. The molecule has 1 aromatic rings. The minimum Gasteiger partial charge on any atom is -0.488 e. The second-order valence-corrected chi connectivity index (χ2v) is 6.84. The Morgan fingerprint density at radius 3 is 2.82 bits per heavy atom. The Hall–Kier alpha value is -1.77. The fourth-order valence-electron chi connectivity index (χ4n) is 4.23. The minimum atomic E-state index is 0.179. The van der Waals surface area contributed by atoms with Crippen LogP contribution in [0.5, 0.6) is 5.75 Å². The van der Waals surface area contributed by atoms with Gasteiger partial charge in [0.1, 0.15) is 12.4 Å². The Kier molecular flexibility index (Phi) is 3.65. The number of carbonyl (C=O) groups is 1. The van der Waals surface area contributed by atoms with Crippen LogP contribution in [0.2, 0.25) is 0 Å². The van der Waals surface area contributed by atoms with Crippen LogP contribution in [0.15, 0.2) is 29.8 Å². The smallest absolute Gasteiger partial charge is 0.253 e. The lowest BCUT2D eigenvalue weighted by molar-refractivity contribution is -0.130. The SMILES string of the molecule is O=C(C1=Cc2ccccc2OC1)N1CC[C@@H]2CCCC[C@H]2C1. The van der Waals surface area contributed by atoms with Gasteiger partial charge in [0.2, 0.25) is 0 Å². The molecule has 1 aliphatic carbocycles. The van der Waals surface area contributed by atoms with Crippen molar-refractivity contribution in [3.63, 3.8) is 0 Å². The third-order valence-corrected chi connectivity index (χ3v) is 5.49. The first-order valence-corrected chi connectivity index (χ1v) is 8.53. The van der Waals surface area contributed by atoms with E-state index < -0.39 is 0 Å². The molecule has 2 aliphatic heterocycles. The molecule has 3 heteroatoms. The first kappa shape index (κ1) is 13.9. The largest absolute Gasteiger partial charge is 0.488 e. The Bertz CT molecular complexity index is 607. The average molecular weight is 297 g/mol. The van der Waals surface area contributed by atoms with E-state index in [1.165, 1.54) is 32.1 Å². The summed E-state index contributed by atoms with van der Waals surface area (Å²) in [5.41, 5.74) is 1.82. The van der Waals surface area contributed by atoms with Crippen molar-refractivity contribution in [2.75, 3.05) is 19.7 Å². The molecule has 1 amide bonds. The van der Waals surface area contributed by atoms with Crippen molar-refractivity contribution in [1.82, 2.24) is 4.90 Å². The molecule has 1 aromatic carbocycles. The van der Waals surface area contributed by atoms with Gasteiger partial charge >= 0.3 is 0 Å². The maximum atomic E-state index is 12.8. The highest BCUT2D eigenvalue weighted by Crippen LogP contribution is 2.36. The monoisotopic (exact) mass is 297 g/mol. The van der Waals surface area contributed by atoms with E-state index in [1.54, 1.807) is 0 Å². The summed E-state index contributed by atoms with van der Waals surface area (Å²) in [6, 6.07) is 7.92. The normalized spacial score (nSPS) is 27.3. The quantitative estimate of drug-likeness (QED) is 0.794. The van der Waals surface area contributed by atoms with Crippen molar-refractivity contribution in [3.05, 3.63) is 35.4 Å². The van der Waals surface area contributed by atoms with Crippen LogP contribution in [0.25, 0.3) is 6.08 Å². The Labute approximate surface area is 132 Å². The van der Waals surface area contributed by atoms with Crippen LogP contribution in [0, 0.1) is 11.8 Å². The fourth-order valence-corrected chi connectivity index (χ4v) is 4.23. The van der Waals surface area contributed by atoms with E-state index in [1.807, 2.05) is 30.3 Å². The highest BCUT2D eigenvalue weighted by molar-refractivity contribution is 5.99. The zero-order valence-corrected chi connectivity index (χ0v) is 13.0. The van der Waals surface area contributed by atoms with Crippen molar-refractivity contribution in [2.45, 2.75) is 32.1 Å². The molecule has 116 valence electrons. The van der Waals surface area contributed by atoms with Gasteiger partial charge in [-0.05, 0) is 36.8 Å². The molecule has 4 rings (SSSR count). The molecule has 2 fully saturated rings. The van der Waals surface area contributed by atoms with Crippen molar-refractivity contribution >= 4 is 12.0 Å². The summed E-state index contributed by atoms with van der Waals surface area (Å²) >= 11 is 0. The van der Waals surface area contributed by atoms with E-state index in [0.717, 1.165) is 41.8 Å². The van der Waals surface area contributed by atoms with Gasteiger partial charge in [-0.1, -0.05) is 37.5 Å². The zero-order chi connectivity index (χ0) is 14.9. The Morgan fingerprint density at radius 1 is 1.09 bits per heavy atom. The molecule has 1 saturated heterocycles. The van der Waals surface area contributed by atoms with Gasteiger partial charge in [0.05, 0.1) is 5.57 Å². The van der Waals surface area contributed by atoms with Crippen molar-refractivity contribution in [1.29, 1.82) is 0 Å². The third kappa shape index (κ3) is 2.53. The number of fused-ring (bicyclic) bond motifs is 2. The molecule has 2 heterocycles. The molecule has 0 bridgehead atoms. The van der Waals surface area contributed by atoms with Gasteiger partial charge in [-0.25, -0.2) is 0 Å². The molecule has 0 spiro atoms. The molecule has 3 aliphatic rings. The maximum Gasteiger partial charge on any atom is 0.253 e. The number of amides is 1. The maximum absolute atomic E-state index is 12.8. The molecule has 1 saturated carbocycles. The topological polar surface area (TPSA) is 29.5 Å². The number of hydrogen-bond acceptors (Lipinski definition) is 2. The minimum absolute atomic E-state index is 0.179. The summed E-state index contributed by atoms with van der Waals surface area (Å²) in [7, 11) is 0. The van der Waals surface area contributed by atoms with E-state index in [9.17, 15) is 4.79 Å². The van der Waals surface area contributed by atoms with Gasteiger partial charge in [-0.3, -0.25) is 4.79 Å². The number of rotatable bonds is 1. The predicted octanol–water partition coefficient (Wildman–Crippen LogP) is 3.50. The summed E-state index contributed by atoms with van der Waals surface area (Å²) in [4.78, 5) is 14.9. The van der Waals surface area contributed by atoms with Gasteiger partial charge in [0, 0.05) is 18.7 Å². The van der Waals surface area contributed by atoms with Crippen LogP contribution in [-0.2, 0) is 4.79 Å². The molecule has 0 N–H and O–H groups in total. The van der Waals surface area contributed by atoms with Gasteiger partial charge in [-0.2, -0.15) is 0 Å². The summed E-state index contributed by atoms with van der Waals surface area (Å²) in [5, 5.41) is 0.